The smallest absolute Gasteiger partial charge is 0.216 e. The van der Waals surface area contributed by atoms with Gasteiger partial charge in [0.2, 0.25) is 9.84 Å². The van der Waals surface area contributed by atoms with Crippen LogP contribution in [-0.2, 0) is 9.84 Å². The minimum Gasteiger partial charge on any atom is -0.218 e. The van der Waals surface area contributed by atoms with Crippen molar-refractivity contribution in [2.24, 2.45) is 0 Å². The summed E-state index contributed by atoms with van der Waals surface area (Å²) >= 11 is 0. The second-order valence-electron chi connectivity index (χ2n) is 3.96. The van der Waals surface area contributed by atoms with Crippen molar-refractivity contribution in [2.75, 3.05) is 0 Å². The highest BCUT2D eigenvalue weighted by molar-refractivity contribution is 7.95. The van der Waals surface area contributed by atoms with E-state index in [0.717, 1.165) is 6.08 Å². The van der Waals surface area contributed by atoms with Crippen LogP contribution in [-0.4, -0.2) is 8.42 Å². The molecule has 0 radical (unpaired) electrons. The van der Waals surface area contributed by atoms with E-state index in [2.05, 4.69) is 0 Å². The summed E-state index contributed by atoms with van der Waals surface area (Å²) in [6, 6.07) is 14.9. The van der Waals surface area contributed by atoms with Crippen molar-refractivity contribution in [1.82, 2.24) is 0 Å². The first-order valence-corrected chi connectivity index (χ1v) is 7.20. The van der Waals surface area contributed by atoms with E-state index in [1.807, 2.05) is 0 Å². The van der Waals surface area contributed by atoms with Crippen LogP contribution >= 0.6 is 0 Å². The Morgan fingerprint density at radius 1 is 1.05 bits per heavy atom. The lowest BCUT2D eigenvalue weighted by Crippen LogP contribution is -2.03. The maximum atomic E-state index is 13.5. The van der Waals surface area contributed by atoms with E-state index in [1.165, 1.54) is 30.3 Å². The predicted octanol–water partition coefficient (Wildman–Crippen LogP) is 3.16. The minimum absolute atomic E-state index is 0.00383. The molecular formula is C15H10FNO2S. The van der Waals surface area contributed by atoms with Gasteiger partial charge in [-0.3, -0.25) is 0 Å². The van der Waals surface area contributed by atoms with Gasteiger partial charge in [-0.2, -0.15) is 5.26 Å². The molecular weight excluding hydrogens is 277 g/mol. The summed E-state index contributed by atoms with van der Waals surface area (Å²) in [6.07, 6.45) is 1.04. The van der Waals surface area contributed by atoms with Gasteiger partial charge < -0.3 is 0 Å². The van der Waals surface area contributed by atoms with Crippen molar-refractivity contribution in [3.05, 3.63) is 70.9 Å². The van der Waals surface area contributed by atoms with Crippen LogP contribution in [0.3, 0.4) is 0 Å². The Balaban J connectivity index is 2.55. The molecule has 2 rings (SSSR count). The molecule has 0 amide bonds. The molecule has 2 aromatic carbocycles. The van der Waals surface area contributed by atoms with Crippen LogP contribution in [0, 0.1) is 17.1 Å². The standard InChI is InChI=1S/C15H10FNO2S/c16-15-9-5-4-6-12(15)10-14(11-17)20(18,19)13-7-2-1-3-8-13/h1-10H/b14-10-. The fourth-order valence-electron chi connectivity index (χ4n) is 1.63. The van der Waals surface area contributed by atoms with E-state index in [9.17, 15) is 12.8 Å². The van der Waals surface area contributed by atoms with Gasteiger partial charge in [-0.1, -0.05) is 36.4 Å². The minimum atomic E-state index is -3.93. The van der Waals surface area contributed by atoms with Gasteiger partial charge in [0.15, 0.2) is 0 Å². The Labute approximate surface area is 116 Å². The molecule has 0 heterocycles. The normalized spacial score (nSPS) is 11.9. The molecule has 0 aliphatic heterocycles. The summed E-state index contributed by atoms with van der Waals surface area (Å²) in [4.78, 5) is -0.488. The third-order valence-electron chi connectivity index (χ3n) is 2.65. The van der Waals surface area contributed by atoms with Crippen molar-refractivity contribution in [1.29, 1.82) is 5.26 Å². The number of allylic oxidation sites excluding steroid dienone is 1. The molecule has 0 spiro atoms. The van der Waals surface area contributed by atoms with Crippen molar-refractivity contribution >= 4 is 15.9 Å². The van der Waals surface area contributed by atoms with Crippen molar-refractivity contribution < 1.29 is 12.8 Å². The monoisotopic (exact) mass is 287 g/mol. The van der Waals surface area contributed by atoms with Crippen LogP contribution in [0.15, 0.2) is 64.4 Å². The van der Waals surface area contributed by atoms with Gasteiger partial charge in [-0.15, -0.1) is 0 Å². The number of hydrogen-bond acceptors (Lipinski definition) is 3. The molecule has 0 N–H and O–H groups in total. The summed E-state index contributed by atoms with van der Waals surface area (Å²) in [7, 11) is -3.93. The van der Waals surface area contributed by atoms with E-state index in [0.29, 0.717) is 0 Å². The average molecular weight is 287 g/mol. The number of rotatable bonds is 3. The lowest BCUT2D eigenvalue weighted by molar-refractivity contribution is 0.603. The SMILES string of the molecule is N#C/C(=C/c1ccccc1F)S(=O)(=O)c1ccccc1. The third kappa shape index (κ3) is 2.76. The van der Waals surface area contributed by atoms with Crippen LogP contribution in [0.2, 0.25) is 0 Å². The molecule has 20 heavy (non-hydrogen) atoms. The fraction of sp³-hybridized carbons (Fsp3) is 0. The van der Waals surface area contributed by atoms with Crippen molar-refractivity contribution in [2.45, 2.75) is 4.90 Å². The van der Waals surface area contributed by atoms with E-state index >= 15 is 0 Å². The first kappa shape index (κ1) is 14.0. The third-order valence-corrected chi connectivity index (χ3v) is 4.33. The van der Waals surface area contributed by atoms with E-state index in [1.54, 1.807) is 30.3 Å². The maximum absolute atomic E-state index is 13.5. The molecule has 5 heteroatoms. The topological polar surface area (TPSA) is 57.9 Å². The largest absolute Gasteiger partial charge is 0.218 e. The molecule has 0 fully saturated rings. The quantitative estimate of drug-likeness (QED) is 0.815. The molecule has 2 aromatic rings. The zero-order chi connectivity index (χ0) is 14.6. The summed E-state index contributed by atoms with van der Waals surface area (Å²) in [6.45, 7) is 0. The molecule has 0 bridgehead atoms. The van der Waals surface area contributed by atoms with Crippen molar-refractivity contribution in [3.8, 4) is 6.07 Å². The molecule has 0 aliphatic rings. The second kappa shape index (κ2) is 5.68. The molecule has 0 aromatic heterocycles. The van der Waals surface area contributed by atoms with Gasteiger partial charge in [-0.25, -0.2) is 12.8 Å². The van der Waals surface area contributed by atoms with Gasteiger partial charge in [0.1, 0.15) is 16.8 Å². The zero-order valence-corrected chi connectivity index (χ0v) is 11.1. The van der Waals surface area contributed by atoms with Crippen LogP contribution in [0.5, 0.6) is 0 Å². The van der Waals surface area contributed by atoms with Gasteiger partial charge in [0, 0.05) is 5.56 Å². The van der Waals surface area contributed by atoms with Crippen LogP contribution < -0.4 is 0 Å². The first-order chi connectivity index (χ1) is 9.55. The first-order valence-electron chi connectivity index (χ1n) is 5.72. The highest BCUT2D eigenvalue weighted by atomic mass is 32.2. The van der Waals surface area contributed by atoms with E-state index in [-0.39, 0.29) is 10.5 Å². The summed E-state index contributed by atoms with van der Waals surface area (Å²) in [5, 5.41) is 9.06. The molecule has 0 unspecified atom stereocenters. The van der Waals surface area contributed by atoms with Crippen LogP contribution in [0.25, 0.3) is 6.08 Å². The van der Waals surface area contributed by atoms with Crippen molar-refractivity contribution in [3.63, 3.8) is 0 Å². The number of nitriles is 1. The number of sulfone groups is 1. The lowest BCUT2D eigenvalue weighted by Gasteiger charge is -2.03. The highest BCUT2D eigenvalue weighted by Gasteiger charge is 2.20. The Morgan fingerprint density at radius 2 is 1.65 bits per heavy atom. The number of nitrogens with zero attached hydrogens (tertiary/aromatic N) is 1. The molecule has 100 valence electrons. The van der Waals surface area contributed by atoms with Crippen LogP contribution in [0.4, 0.5) is 4.39 Å². The van der Waals surface area contributed by atoms with Gasteiger partial charge in [0.25, 0.3) is 0 Å². The summed E-state index contributed by atoms with van der Waals surface area (Å²) < 4.78 is 38.1. The Bertz CT molecular complexity index is 790. The van der Waals surface area contributed by atoms with Gasteiger partial charge in [0.05, 0.1) is 4.90 Å². The fourth-order valence-corrected chi connectivity index (χ4v) is 2.80. The average Bonchev–Trinajstić information content (AvgIpc) is 2.47. The molecule has 0 saturated heterocycles. The van der Waals surface area contributed by atoms with Crippen LogP contribution in [0.1, 0.15) is 5.56 Å². The Morgan fingerprint density at radius 3 is 2.25 bits per heavy atom. The molecule has 0 saturated carbocycles. The van der Waals surface area contributed by atoms with E-state index < -0.39 is 20.6 Å². The van der Waals surface area contributed by atoms with E-state index in [4.69, 9.17) is 5.26 Å². The maximum Gasteiger partial charge on any atom is 0.216 e. The molecule has 0 atom stereocenters. The zero-order valence-electron chi connectivity index (χ0n) is 10.3. The number of hydrogen-bond donors (Lipinski definition) is 0. The summed E-state index contributed by atoms with van der Waals surface area (Å²) in [5.74, 6) is -0.580. The second-order valence-corrected chi connectivity index (χ2v) is 5.88. The van der Waals surface area contributed by atoms with Gasteiger partial charge in [-0.05, 0) is 24.3 Å². The van der Waals surface area contributed by atoms with Gasteiger partial charge >= 0.3 is 0 Å². The summed E-state index contributed by atoms with van der Waals surface area (Å²) in [5.41, 5.74) is 0.0588. The Kier molecular flexibility index (Phi) is 3.97. The predicted molar refractivity (Wildman–Crippen MR) is 73.6 cm³/mol. The lowest BCUT2D eigenvalue weighted by atomic mass is 10.2. The molecule has 3 nitrogen and oxygen atoms in total. The Hall–Kier alpha value is -2.45. The number of benzene rings is 2. The highest BCUT2D eigenvalue weighted by Crippen LogP contribution is 2.21. The number of halogens is 1. The molecule has 0 aliphatic carbocycles.